The Hall–Kier alpha value is -2.10. The largest absolute Gasteiger partial charge is 0.357 e. The highest BCUT2D eigenvalue weighted by atomic mass is 15.1. The molecule has 0 bridgehead atoms. The van der Waals surface area contributed by atoms with Gasteiger partial charge in [-0.2, -0.15) is 4.98 Å². The van der Waals surface area contributed by atoms with Crippen LogP contribution in [0.5, 0.6) is 0 Å². The van der Waals surface area contributed by atoms with Crippen molar-refractivity contribution in [2.75, 3.05) is 17.7 Å². The van der Waals surface area contributed by atoms with Gasteiger partial charge >= 0.3 is 0 Å². The van der Waals surface area contributed by atoms with E-state index in [9.17, 15) is 0 Å². The van der Waals surface area contributed by atoms with Crippen molar-refractivity contribution in [3.63, 3.8) is 0 Å². The van der Waals surface area contributed by atoms with Crippen molar-refractivity contribution in [3.8, 4) is 0 Å². The second-order valence-corrected chi connectivity index (χ2v) is 4.42. The fourth-order valence-electron chi connectivity index (χ4n) is 1.67. The highest BCUT2D eigenvalue weighted by molar-refractivity contribution is 5.57. The molecule has 0 amide bonds. The molecule has 0 saturated heterocycles. The Kier molecular flexibility index (Phi) is 3.77. The molecule has 94 valence electrons. The minimum absolute atomic E-state index is 0.519. The standard InChI is InChI=1S/C14H18N4/c1-10(2)11-5-4-6-12(9-11)17-13-7-8-16-14(15-3)18-13/h4-10H,1-3H3,(H2,15,16,17,18). The van der Waals surface area contributed by atoms with E-state index in [4.69, 9.17) is 0 Å². The first-order valence-corrected chi connectivity index (χ1v) is 6.07. The second kappa shape index (κ2) is 5.49. The molecule has 0 atom stereocenters. The summed E-state index contributed by atoms with van der Waals surface area (Å²) in [5.74, 6) is 1.92. The lowest BCUT2D eigenvalue weighted by atomic mass is 10.0. The average molecular weight is 242 g/mol. The SMILES string of the molecule is CNc1nccc(Nc2cccc(C(C)C)c2)n1. The lowest BCUT2D eigenvalue weighted by molar-refractivity contribution is 0.867. The Balaban J connectivity index is 2.20. The molecule has 4 heteroatoms. The van der Waals surface area contributed by atoms with Crippen LogP contribution >= 0.6 is 0 Å². The zero-order chi connectivity index (χ0) is 13.0. The topological polar surface area (TPSA) is 49.8 Å². The van der Waals surface area contributed by atoms with Gasteiger partial charge in [0.1, 0.15) is 5.82 Å². The summed E-state index contributed by atoms with van der Waals surface area (Å²) in [6.45, 7) is 4.37. The Morgan fingerprint density at radius 2 is 2.00 bits per heavy atom. The van der Waals surface area contributed by atoms with E-state index in [1.54, 1.807) is 13.2 Å². The maximum atomic E-state index is 4.33. The molecule has 0 aliphatic rings. The maximum Gasteiger partial charge on any atom is 0.224 e. The summed E-state index contributed by atoms with van der Waals surface area (Å²) in [4.78, 5) is 8.41. The molecule has 1 heterocycles. The highest BCUT2D eigenvalue weighted by Crippen LogP contribution is 2.21. The van der Waals surface area contributed by atoms with Crippen LogP contribution in [0.15, 0.2) is 36.5 Å². The third-order valence-corrected chi connectivity index (χ3v) is 2.70. The van der Waals surface area contributed by atoms with E-state index in [0.29, 0.717) is 11.9 Å². The minimum atomic E-state index is 0.519. The summed E-state index contributed by atoms with van der Waals surface area (Å²) >= 11 is 0. The summed E-state index contributed by atoms with van der Waals surface area (Å²) in [6, 6.07) is 10.2. The molecular weight excluding hydrogens is 224 g/mol. The Morgan fingerprint density at radius 1 is 1.17 bits per heavy atom. The van der Waals surface area contributed by atoms with Gasteiger partial charge in [-0.05, 0) is 29.7 Å². The van der Waals surface area contributed by atoms with Crippen molar-refractivity contribution in [1.82, 2.24) is 9.97 Å². The summed E-state index contributed by atoms with van der Waals surface area (Å²) in [6.07, 6.45) is 1.73. The fourth-order valence-corrected chi connectivity index (χ4v) is 1.67. The van der Waals surface area contributed by atoms with Crippen LogP contribution < -0.4 is 10.6 Å². The van der Waals surface area contributed by atoms with Crippen LogP contribution in [0.1, 0.15) is 25.3 Å². The van der Waals surface area contributed by atoms with Gasteiger partial charge in [0.25, 0.3) is 0 Å². The van der Waals surface area contributed by atoms with Gasteiger partial charge in [0.2, 0.25) is 5.95 Å². The Labute approximate surface area is 107 Å². The highest BCUT2D eigenvalue weighted by Gasteiger charge is 2.02. The molecule has 0 unspecified atom stereocenters. The number of benzene rings is 1. The molecule has 2 N–H and O–H groups in total. The molecule has 18 heavy (non-hydrogen) atoms. The predicted molar refractivity (Wildman–Crippen MR) is 75.4 cm³/mol. The first-order valence-electron chi connectivity index (χ1n) is 6.07. The van der Waals surface area contributed by atoms with Gasteiger partial charge in [-0.3, -0.25) is 0 Å². The van der Waals surface area contributed by atoms with Crippen LogP contribution in [-0.4, -0.2) is 17.0 Å². The zero-order valence-electron chi connectivity index (χ0n) is 10.9. The minimum Gasteiger partial charge on any atom is -0.357 e. The van der Waals surface area contributed by atoms with E-state index in [-0.39, 0.29) is 0 Å². The van der Waals surface area contributed by atoms with E-state index in [1.165, 1.54) is 5.56 Å². The predicted octanol–water partition coefficient (Wildman–Crippen LogP) is 3.39. The van der Waals surface area contributed by atoms with Gasteiger partial charge in [0, 0.05) is 18.9 Å². The lowest BCUT2D eigenvalue weighted by Gasteiger charge is -2.10. The summed E-state index contributed by atoms with van der Waals surface area (Å²) < 4.78 is 0. The maximum absolute atomic E-state index is 4.33. The van der Waals surface area contributed by atoms with Crippen LogP contribution in [0.25, 0.3) is 0 Å². The number of hydrogen-bond acceptors (Lipinski definition) is 4. The first-order chi connectivity index (χ1) is 8.69. The zero-order valence-corrected chi connectivity index (χ0v) is 10.9. The van der Waals surface area contributed by atoms with Gasteiger partial charge in [-0.1, -0.05) is 26.0 Å². The fraction of sp³-hybridized carbons (Fsp3) is 0.286. The molecule has 0 radical (unpaired) electrons. The van der Waals surface area contributed by atoms with E-state index < -0.39 is 0 Å². The van der Waals surface area contributed by atoms with Gasteiger partial charge in [-0.25, -0.2) is 4.98 Å². The van der Waals surface area contributed by atoms with Gasteiger partial charge in [0.05, 0.1) is 0 Å². The quantitative estimate of drug-likeness (QED) is 0.863. The monoisotopic (exact) mass is 242 g/mol. The van der Waals surface area contributed by atoms with Gasteiger partial charge in [-0.15, -0.1) is 0 Å². The number of aromatic nitrogens is 2. The van der Waals surface area contributed by atoms with Crippen LogP contribution in [0.3, 0.4) is 0 Å². The summed E-state index contributed by atoms with van der Waals surface area (Å²) in [5.41, 5.74) is 2.35. The number of rotatable bonds is 4. The van der Waals surface area contributed by atoms with Gasteiger partial charge in [0.15, 0.2) is 0 Å². The third kappa shape index (κ3) is 2.97. The van der Waals surface area contributed by atoms with Crippen LogP contribution in [0.2, 0.25) is 0 Å². The molecule has 0 aliphatic carbocycles. The number of anilines is 3. The molecule has 1 aromatic heterocycles. The van der Waals surface area contributed by atoms with E-state index >= 15 is 0 Å². The van der Waals surface area contributed by atoms with Gasteiger partial charge < -0.3 is 10.6 Å². The molecule has 0 spiro atoms. The van der Waals surface area contributed by atoms with Crippen molar-refractivity contribution in [2.24, 2.45) is 0 Å². The Bertz CT molecular complexity index is 523. The second-order valence-electron chi connectivity index (χ2n) is 4.42. The summed E-state index contributed by atoms with van der Waals surface area (Å²) in [7, 11) is 1.80. The Morgan fingerprint density at radius 3 is 2.72 bits per heavy atom. The number of nitrogens with zero attached hydrogens (tertiary/aromatic N) is 2. The van der Waals surface area contributed by atoms with Crippen LogP contribution in [0, 0.1) is 0 Å². The van der Waals surface area contributed by atoms with Crippen molar-refractivity contribution in [1.29, 1.82) is 0 Å². The van der Waals surface area contributed by atoms with Crippen molar-refractivity contribution in [3.05, 3.63) is 42.1 Å². The lowest BCUT2D eigenvalue weighted by Crippen LogP contribution is -2.00. The molecule has 2 rings (SSSR count). The summed E-state index contributed by atoms with van der Waals surface area (Å²) in [5, 5.41) is 6.20. The average Bonchev–Trinajstić information content (AvgIpc) is 2.39. The van der Waals surface area contributed by atoms with E-state index in [2.05, 4.69) is 52.6 Å². The molecular formula is C14H18N4. The molecule has 0 saturated carbocycles. The molecule has 1 aromatic carbocycles. The number of nitrogens with one attached hydrogen (secondary N) is 2. The molecule has 0 aliphatic heterocycles. The first kappa shape index (κ1) is 12.4. The van der Waals surface area contributed by atoms with E-state index in [0.717, 1.165) is 11.5 Å². The molecule has 2 aromatic rings. The van der Waals surface area contributed by atoms with Crippen LogP contribution in [0.4, 0.5) is 17.5 Å². The molecule has 0 fully saturated rings. The van der Waals surface area contributed by atoms with Crippen molar-refractivity contribution >= 4 is 17.5 Å². The van der Waals surface area contributed by atoms with Crippen molar-refractivity contribution < 1.29 is 0 Å². The van der Waals surface area contributed by atoms with Crippen molar-refractivity contribution in [2.45, 2.75) is 19.8 Å². The third-order valence-electron chi connectivity index (χ3n) is 2.70. The molecule has 4 nitrogen and oxygen atoms in total. The van der Waals surface area contributed by atoms with E-state index in [1.807, 2.05) is 12.1 Å². The smallest absolute Gasteiger partial charge is 0.224 e. The number of hydrogen-bond donors (Lipinski definition) is 2. The normalized spacial score (nSPS) is 10.4. The van der Waals surface area contributed by atoms with Crippen LogP contribution in [-0.2, 0) is 0 Å².